The van der Waals surface area contributed by atoms with Crippen molar-refractivity contribution < 1.29 is 0 Å². The molecule has 2 rings (SSSR count). The maximum atomic E-state index is 4.65. The first-order chi connectivity index (χ1) is 9.89. The van der Waals surface area contributed by atoms with Gasteiger partial charge in [-0.3, -0.25) is 0 Å². The molecule has 1 saturated carbocycles. The van der Waals surface area contributed by atoms with E-state index in [0.29, 0.717) is 17.5 Å². The van der Waals surface area contributed by atoms with Crippen molar-refractivity contribution >= 4 is 5.82 Å². The first-order valence-electron chi connectivity index (χ1n) is 8.29. The van der Waals surface area contributed by atoms with E-state index < -0.39 is 0 Å². The van der Waals surface area contributed by atoms with Crippen molar-refractivity contribution in [2.24, 2.45) is 5.41 Å². The van der Waals surface area contributed by atoms with Gasteiger partial charge in [0.05, 0.1) is 0 Å². The molecule has 0 amide bonds. The van der Waals surface area contributed by atoms with Crippen LogP contribution in [0.1, 0.15) is 58.9 Å². The largest absolute Gasteiger partial charge is 0.356 e. The van der Waals surface area contributed by atoms with Gasteiger partial charge in [0.15, 0.2) is 0 Å². The molecule has 1 heterocycles. The molecule has 0 aromatic carbocycles. The molecule has 0 atom stereocenters. The van der Waals surface area contributed by atoms with Crippen LogP contribution in [0.2, 0.25) is 0 Å². The molecule has 1 aromatic rings. The summed E-state index contributed by atoms with van der Waals surface area (Å²) in [5, 5.41) is 3.51. The van der Waals surface area contributed by atoms with E-state index in [2.05, 4.69) is 56.0 Å². The molecule has 1 aliphatic carbocycles. The van der Waals surface area contributed by atoms with Crippen LogP contribution in [0.3, 0.4) is 0 Å². The quantitative estimate of drug-likeness (QED) is 0.888. The van der Waals surface area contributed by atoms with Crippen LogP contribution >= 0.6 is 0 Å². The number of anilines is 1. The maximum absolute atomic E-state index is 4.65. The normalized spacial score (nSPS) is 19.0. The second kappa shape index (κ2) is 6.78. The molecule has 0 aliphatic heterocycles. The molecule has 0 radical (unpaired) electrons. The van der Waals surface area contributed by atoms with Gasteiger partial charge in [-0.25, -0.2) is 4.98 Å². The highest BCUT2D eigenvalue weighted by atomic mass is 15.2. The third-order valence-corrected chi connectivity index (χ3v) is 4.76. The lowest BCUT2D eigenvalue weighted by atomic mass is 9.75. The molecule has 0 spiro atoms. The van der Waals surface area contributed by atoms with E-state index >= 15 is 0 Å². The van der Waals surface area contributed by atoms with Gasteiger partial charge in [0, 0.05) is 37.4 Å². The second-order valence-electron chi connectivity index (χ2n) is 7.53. The van der Waals surface area contributed by atoms with Gasteiger partial charge < -0.3 is 10.2 Å². The molecule has 118 valence electrons. The van der Waals surface area contributed by atoms with Gasteiger partial charge >= 0.3 is 0 Å². The predicted molar refractivity (Wildman–Crippen MR) is 90.7 cm³/mol. The fourth-order valence-electron chi connectivity index (χ4n) is 3.14. The van der Waals surface area contributed by atoms with Crippen molar-refractivity contribution in [2.75, 3.05) is 11.9 Å². The minimum absolute atomic E-state index is 0.499. The van der Waals surface area contributed by atoms with Crippen molar-refractivity contribution in [1.82, 2.24) is 10.3 Å². The molecule has 21 heavy (non-hydrogen) atoms. The van der Waals surface area contributed by atoms with E-state index in [9.17, 15) is 0 Å². The van der Waals surface area contributed by atoms with Gasteiger partial charge in [0.1, 0.15) is 5.82 Å². The number of pyridine rings is 1. The Morgan fingerprint density at radius 1 is 1.33 bits per heavy atom. The molecule has 0 saturated heterocycles. The Kier molecular flexibility index (Phi) is 5.26. The number of hydrogen-bond donors (Lipinski definition) is 1. The maximum Gasteiger partial charge on any atom is 0.132 e. The Morgan fingerprint density at radius 2 is 2.00 bits per heavy atom. The summed E-state index contributed by atoms with van der Waals surface area (Å²) in [7, 11) is 2.21. The van der Waals surface area contributed by atoms with Gasteiger partial charge in [-0.1, -0.05) is 33.8 Å². The van der Waals surface area contributed by atoms with Crippen LogP contribution < -0.4 is 10.2 Å². The van der Waals surface area contributed by atoms with Crippen LogP contribution in [0.25, 0.3) is 0 Å². The fraction of sp³-hybridized carbons (Fsp3) is 0.722. The molecule has 1 aromatic heterocycles. The molecule has 0 bridgehead atoms. The van der Waals surface area contributed by atoms with Crippen LogP contribution in [0.15, 0.2) is 18.3 Å². The van der Waals surface area contributed by atoms with E-state index in [4.69, 9.17) is 0 Å². The summed E-state index contributed by atoms with van der Waals surface area (Å²) in [4.78, 5) is 7.06. The lowest BCUT2D eigenvalue weighted by Crippen LogP contribution is -2.38. The molecule has 0 unspecified atom stereocenters. The Bertz CT molecular complexity index is 444. The van der Waals surface area contributed by atoms with Crippen molar-refractivity contribution in [3.8, 4) is 0 Å². The molecule has 1 aliphatic rings. The predicted octanol–water partition coefficient (Wildman–Crippen LogP) is 3.98. The lowest BCUT2D eigenvalue weighted by Gasteiger charge is -2.39. The summed E-state index contributed by atoms with van der Waals surface area (Å²) in [6.45, 7) is 10.0. The highest BCUT2D eigenvalue weighted by Crippen LogP contribution is 2.37. The SMILES string of the molecule is CC(C)NCc1cccnc1N(C)C1CCC(C)(C)CC1. The Morgan fingerprint density at radius 3 is 2.62 bits per heavy atom. The smallest absolute Gasteiger partial charge is 0.132 e. The molecular formula is C18H31N3. The molecule has 1 fully saturated rings. The number of nitrogens with one attached hydrogen (secondary N) is 1. The minimum Gasteiger partial charge on any atom is -0.356 e. The molecule has 3 nitrogen and oxygen atoms in total. The average Bonchev–Trinajstić information content (AvgIpc) is 2.44. The standard InChI is InChI=1S/C18H31N3/c1-14(2)20-13-15-7-6-12-19-17(15)21(5)16-8-10-18(3,4)11-9-16/h6-7,12,14,16,20H,8-11,13H2,1-5H3. The summed E-state index contributed by atoms with van der Waals surface area (Å²) in [5.74, 6) is 1.15. The van der Waals surface area contributed by atoms with Gasteiger partial charge in [-0.05, 0) is 37.2 Å². The third kappa shape index (κ3) is 4.44. The zero-order valence-electron chi connectivity index (χ0n) is 14.3. The molecular weight excluding hydrogens is 258 g/mol. The van der Waals surface area contributed by atoms with Crippen LogP contribution in [0.4, 0.5) is 5.82 Å². The van der Waals surface area contributed by atoms with Crippen LogP contribution in [-0.2, 0) is 6.54 Å². The zero-order chi connectivity index (χ0) is 15.5. The van der Waals surface area contributed by atoms with E-state index in [-0.39, 0.29) is 0 Å². The fourth-order valence-corrected chi connectivity index (χ4v) is 3.14. The summed E-state index contributed by atoms with van der Waals surface area (Å²) in [6, 6.07) is 5.36. The van der Waals surface area contributed by atoms with Gasteiger partial charge in [-0.2, -0.15) is 0 Å². The average molecular weight is 289 g/mol. The number of rotatable bonds is 5. The minimum atomic E-state index is 0.499. The number of hydrogen-bond acceptors (Lipinski definition) is 3. The van der Waals surface area contributed by atoms with Crippen LogP contribution in [0.5, 0.6) is 0 Å². The van der Waals surface area contributed by atoms with Crippen LogP contribution in [-0.4, -0.2) is 24.1 Å². The first-order valence-corrected chi connectivity index (χ1v) is 8.29. The number of aromatic nitrogens is 1. The Balaban J connectivity index is 2.07. The second-order valence-corrected chi connectivity index (χ2v) is 7.53. The van der Waals surface area contributed by atoms with Gasteiger partial charge in [0.25, 0.3) is 0 Å². The van der Waals surface area contributed by atoms with Crippen molar-refractivity contribution in [1.29, 1.82) is 0 Å². The van der Waals surface area contributed by atoms with Crippen LogP contribution in [0, 0.1) is 5.41 Å². The third-order valence-electron chi connectivity index (χ3n) is 4.76. The van der Waals surface area contributed by atoms with E-state index in [1.807, 2.05) is 12.3 Å². The molecule has 3 heteroatoms. The summed E-state index contributed by atoms with van der Waals surface area (Å²) in [5.41, 5.74) is 1.82. The van der Waals surface area contributed by atoms with Crippen molar-refractivity contribution in [2.45, 2.75) is 72.0 Å². The van der Waals surface area contributed by atoms with Gasteiger partial charge in [0.2, 0.25) is 0 Å². The lowest BCUT2D eigenvalue weighted by molar-refractivity contribution is 0.222. The van der Waals surface area contributed by atoms with Crippen molar-refractivity contribution in [3.63, 3.8) is 0 Å². The Hall–Kier alpha value is -1.09. The first kappa shape index (κ1) is 16.3. The summed E-state index contributed by atoms with van der Waals surface area (Å²) in [6.07, 6.45) is 7.09. The summed E-state index contributed by atoms with van der Waals surface area (Å²) >= 11 is 0. The van der Waals surface area contributed by atoms with Gasteiger partial charge in [-0.15, -0.1) is 0 Å². The van der Waals surface area contributed by atoms with E-state index in [1.54, 1.807) is 0 Å². The molecule has 1 N–H and O–H groups in total. The van der Waals surface area contributed by atoms with E-state index in [1.165, 1.54) is 31.2 Å². The highest BCUT2D eigenvalue weighted by molar-refractivity contribution is 5.47. The summed E-state index contributed by atoms with van der Waals surface area (Å²) < 4.78 is 0. The highest BCUT2D eigenvalue weighted by Gasteiger charge is 2.29. The topological polar surface area (TPSA) is 28.2 Å². The van der Waals surface area contributed by atoms with E-state index in [0.717, 1.165) is 12.4 Å². The Labute approximate surface area is 130 Å². The monoisotopic (exact) mass is 289 g/mol. The number of nitrogens with zero attached hydrogens (tertiary/aromatic N) is 2. The zero-order valence-corrected chi connectivity index (χ0v) is 14.3. The van der Waals surface area contributed by atoms with Crippen molar-refractivity contribution in [3.05, 3.63) is 23.9 Å².